The van der Waals surface area contributed by atoms with Gasteiger partial charge in [-0.15, -0.1) is 0 Å². The standard InChI is InChI=1S/C11H17N3/c12-8-9-3-4-11(10(13)7-9)14-5-1-2-6-14/h3-4,7H,1-2,5-6,8,12-13H2. The normalized spacial score (nSPS) is 16.2. The SMILES string of the molecule is NCc1ccc(N2CCCC2)c(N)c1. The van der Waals surface area contributed by atoms with Crippen LogP contribution in [0.5, 0.6) is 0 Å². The van der Waals surface area contributed by atoms with Crippen LogP contribution in [0.3, 0.4) is 0 Å². The van der Waals surface area contributed by atoms with E-state index in [0.717, 1.165) is 24.3 Å². The van der Waals surface area contributed by atoms with Crippen molar-refractivity contribution in [3.63, 3.8) is 0 Å². The van der Waals surface area contributed by atoms with Gasteiger partial charge < -0.3 is 16.4 Å². The number of nitrogens with two attached hydrogens (primary N) is 2. The minimum Gasteiger partial charge on any atom is -0.397 e. The molecule has 2 rings (SSSR count). The fourth-order valence-electron chi connectivity index (χ4n) is 1.98. The van der Waals surface area contributed by atoms with Crippen molar-refractivity contribution >= 4 is 11.4 Å². The summed E-state index contributed by atoms with van der Waals surface area (Å²) in [6.07, 6.45) is 2.55. The molecular weight excluding hydrogens is 174 g/mol. The van der Waals surface area contributed by atoms with Gasteiger partial charge in [-0.1, -0.05) is 6.07 Å². The zero-order chi connectivity index (χ0) is 9.97. The van der Waals surface area contributed by atoms with Crippen LogP contribution in [0.2, 0.25) is 0 Å². The summed E-state index contributed by atoms with van der Waals surface area (Å²) in [5.74, 6) is 0. The second kappa shape index (κ2) is 3.88. The number of hydrogen-bond acceptors (Lipinski definition) is 3. The van der Waals surface area contributed by atoms with Gasteiger partial charge in [0.05, 0.1) is 11.4 Å². The lowest BCUT2D eigenvalue weighted by molar-refractivity contribution is 0.949. The van der Waals surface area contributed by atoms with Crippen LogP contribution in [0.1, 0.15) is 18.4 Å². The van der Waals surface area contributed by atoms with E-state index in [-0.39, 0.29) is 0 Å². The molecular formula is C11H17N3. The fourth-order valence-corrected chi connectivity index (χ4v) is 1.98. The number of anilines is 2. The third kappa shape index (κ3) is 1.68. The lowest BCUT2D eigenvalue weighted by Gasteiger charge is -2.20. The highest BCUT2D eigenvalue weighted by atomic mass is 15.1. The molecule has 3 heteroatoms. The van der Waals surface area contributed by atoms with Gasteiger partial charge >= 0.3 is 0 Å². The van der Waals surface area contributed by atoms with E-state index in [9.17, 15) is 0 Å². The maximum absolute atomic E-state index is 5.98. The zero-order valence-corrected chi connectivity index (χ0v) is 8.37. The first kappa shape index (κ1) is 9.34. The fraction of sp³-hybridized carbons (Fsp3) is 0.455. The molecule has 0 amide bonds. The third-order valence-corrected chi connectivity index (χ3v) is 2.77. The molecule has 14 heavy (non-hydrogen) atoms. The molecule has 0 saturated carbocycles. The van der Waals surface area contributed by atoms with Gasteiger partial charge in [-0.3, -0.25) is 0 Å². The minimum absolute atomic E-state index is 0.560. The van der Waals surface area contributed by atoms with Gasteiger partial charge in [-0.25, -0.2) is 0 Å². The minimum atomic E-state index is 0.560. The van der Waals surface area contributed by atoms with Gasteiger partial charge in [-0.2, -0.15) is 0 Å². The summed E-state index contributed by atoms with van der Waals surface area (Å²) in [5, 5.41) is 0. The van der Waals surface area contributed by atoms with Crippen LogP contribution >= 0.6 is 0 Å². The number of nitrogen functional groups attached to an aromatic ring is 1. The average Bonchev–Trinajstić information content (AvgIpc) is 2.70. The third-order valence-electron chi connectivity index (χ3n) is 2.77. The van der Waals surface area contributed by atoms with Crippen molar-refractivity contribution in [1.82, 2.24) is 0 Å². The summed E-state index contributed by atoms with van der Waals surface area (Å²) in [4.78, 5) is 2.34. The summed E-state index contributed by atoms with van der Waals surface area (Å²) in [5.41, 5.74) is 14.7. The summed E-state index contributed by atoms with van der Waals surface area (Å²) >= 11 is 0. The van der Waals surface area contributed by atoms with Crippen LogP contribution in [0, 0.1) is 0 Å². The van der Waals surface area contributed by atoms with Gasteiger partial charge in [0.25, 0.3) is 0 Å². The quantitative estimate of drug-likeness (QED) is 0.693. The Balaban J connectivity index is 2.25. The maximum atomic E-state index is 5.98. The molecule has 76 valence electrons. The van der Waals surface area contributed by atoms with Gasteiger partial charge in [0.15, 0.2) is 0 Å². The first-order valence-corrected chi connectivity index (χ1v) is 5.14. The first-order chi connectivity index (χ1) is 6.81. The second-order valence-electron chi connectivity index (χ2n) is 3.79. The molecule has 3 nitrogen and oxygen atoms in total. The molecule has 1 aliphatic heterocycles. The molecule has 0 radical (unpaired) electrons. The van der Waals surface area contributed by atoms with Crippen LogP contribution in [0.15, 0.2) is 18.2 Å². The highest BCUT2D eigenvalue weighted by molar-refractivity contribution is 5.68. The molecule has 0 atom stereocenters. The molecule has 1 fully saturated rings. The Morgan fingerprint density at radius 3 is 2.50 bits per heavy atom. The molecule has 1 aliphatic rings. The van der Waals surface area contributed by atoms with Crippen molar-refractivity contribution in [3.05, 3.63) is 23.8 Å². The Labute approximate surface area is 84.7 Å². The van der Waals surface area contributed by atoms with Crippen molar-refractivity contribution < 1.29 is 0 Å². The molecule has 0 spiro atoms. The van der Waals surface area contributed by atoms with Crippen molar-refractivity contribution in [3.8, 4) is 0 Å². The number of nitrogens with zero attached hydrogens (tertiary/aromatic N) is 1. The van der Waals surface area contributed by atoms with Crippen molar-refractivity contribution in [2.45, 2.75) is 19.4 Å². The summed E-state index contributed by atoms with van der Waals surface area (Å²) in [6.45, 7) is 2.82. The van der Waals surface area contributed by atoms with E-state index < -0.39 is 0 Å². The second-order valence-corrected chi connectivity index (χ2v) is 3.79. The lowest BCUT2D eigenvalue weighted by Crippen LogP contribution is -2.19. The molecule has 0 aromatic heterocycles. The van der Waals surface area contributed by atoms with Crippen LogP contribution in [-0.2, 0) is 6.54 Å². The van der Waals surface area contributed by atoms with Gasteiger partial charge in [0.2, 0.25) is 0 Å². The van der Waals surface area contributed by atoms with Crippen molar-refractivity contribution in [2.24, 2.45) is 5.73 Å². The topological polar surface area (TPSA) is 55.3 Å². The Hall–Kier alpha value is -1.22. The van der Waals surface area contributed by atoms with Gasteiger partial charge in [0, 0.05) is 19.6 Å². The predicted molar refractivity (Wildman–Crippen MR) is 60.2 cm³/mol. The largest absolute Gasteiger partial charge is 0.397 e. The molecule has 1 heterocycles. The van der Waals surface area contributed by atoms with E-state index in [4.69, 9.17) is 11.5 Å². The van der Waals surface area contributed by atoms with Crippen LogP contribution in [0.4, 0.5) is 11.4 Å². The van der Waals surface area contributed by atoms with Crippen LogP contribution < -0.4 is 16.4 Å². The van der Waals surface area contributed by atoms with Crippen molar-refractivity contribution in [2.75, 3.05) is 23.7 Å². The molecule has 0 unspecified atom stereocenters. The molecule has 1 saturated heterocycles. The van der Waals surface area contributed by atoms with E-state index in [0.29, 0.717) is 6.54 Å². The Morgan fingerprint density at radius 1 is 1.21 bits per heavy atom. The summed E-state index contributed by atoms with van der Waals surface area (Å²) in [6, 6.07) is 6.13. The lowest BCUT2D eigenvalue weighted by atomic mass is 10.1. The highest BCUT2D eigenvalue weighted by Crippen LogP contribution is 2.27. The van der Waals surface area contributed by atoms with Crippen LogP contribution in [0.25, 0.3) is 0 Å². The van der Waals surface area contributed by atoms with Gasteiger partial charge in [-0.05, 0) is 30.5 Å². The van der Waals surface area contributed by atoms with E-state index in [1.165, 1.54) is 18.5 Å². The highest BCUT2D eigenvalue weighted by Gasteiger charge is 2.14. The number of rotatable bonds is 2. The monoisotopic (exact) mass is 191 g/mol. The van der Waals surface area contributed by atoms with E-state index in [2.05, 4.69) is 17.0 Å². The smallest absolute Gasteiger partial charge is 0.0600 e. The molecule has 1 aromatic carbocycles. The summed E-state index contributed by atoms with van der Waals surface area (Å²) in [7, 11) is 0. The zero-order valence-electron chi connectivity index (χ0n) is 8.37. The Bertz CT molecular complexity index is 316. The van der Waals surface area contributed by atoms with Crippen LogP contribution in [-0.4, -0.2) is 13.1 Å². The van der Waals surface area contributed by atoms with Crippen molar-refractivity contribution in [1.29, 1.82) is 0 Å². The summed E-state index contributed by atoms with van der Waals surface area (Å²) < 4.78 is 0. The van der Waals surface area contributed by atoms with E-state index in [1.54, 1.807) is 0 Å². The molecule has 0 bridgehead atoms. The Kier molecular flexibility index (Phi) is 2.59. The average molecular weight is 191 g/mol. The molecule has 4 N–H and O–H groups in total. The Morgan fingerprint density at radius 2 is 1.93 bits per heavy atom. The van der Waals surface area contributed by atoms with E-state index >= 15 is 0 Å². The maximum Gasteiger partial charge on any atom is 0.0600 e. The number of hydrogen-bond donors (Lipinski definition) is 2. The molecule has 0 aliphatic carbocycles. The first-order valence-electron chi connectivity index (χ1n) is 5.14. The predicted octanol–water partition coefficient (Wildman–Crippen LogP) is 1.33. The number of benzene rings is 1. The molecule has 1 aromatic rings. The van der Waals surface area contributed by atoms with Gasteiger partial charge in [0.1, 0.15) is 0 Å². The van der Waals surface area contributed by atoms with E-state index in [1.807, 2.05) is 6.07 Å².